The number of carbonyl (C=O) groups is 2. The van der Waals surface area contributed by atoms with Crippen LogP contribution in [-0.2, 0) is 9.53 Å². The summed E-state index contributed by atoms with van der Waals surface area (Å²) in [5, 5.41) is 16.6. The molecule has 2 amide bonds. The van der Waals surface area contributed by atoms with Crippen molar-refractivity contribution >= 4 is 51.9 Å². The predicted octanol–water partition coefficient (Wildman–Crippen LogP) is 2.58. The van der Waals surface area contributed by atoms with E-state index in [1.807, 2.05) is 37.3 Å². The average molecular weight is 537 g/mol. The molecule has 11 nitrogen and oxygen atoms in total. The van der Waals surface area contributed by atoms with E-state index in [4.69, 9.17) is 9.47 Å². The number of amides is 2. The lowest BCUT2D eigenvalue weighted by Crippen LogP contribution is -2.47. The van der Waals surface area contributed by atoms with Crippen LogP contribution in [0.5, 0.6) is 5.88 Å². The first-order chi connectivity index (χ1) is 18.4. The highest BCUT2D eigenvalue weighted by molar-refractivity contribution is 8.00. The number of cyclic esters (lactones) is 1. The van der Waals surface area contributed by atoms with Gasteiger partial charge in [0, 0.05) is 35.4 Å². The molecule has 5 heterocycles. The van der Waals surface area contributed by atoms with Crippen molar-refractivity contribution in [2.24, 2.45) is 0 Å². The fourth-order valence-corrected chi connectivity index (χ4v) is 6.17. The smallest absolute Gasteiger partial charge is 0.416 e. The Hall–Kier alpha value is -3.61. The van der Waals surface area contributed by atoms with Gasteiger partial charge in [-0.25, -0.2) is 9.78 Å². The Kier molecular flexibility index (Phi) is 6.46. The van der Waals surface area contributed by atoms with Crippen molar-refractivity contribution in [2.75, 3.05) is 41.1 Å². The molecule has 0 saturated carbocycles. The van der Waals surface area contributed by atoms with Crippen molar-refractivity contribution in [3.05, 3.63) is 42.6 Å². The fourth-order valence-electron chi connectivity index (χ4n) is 5.38. The summed E-state index contributed by atoms with van der Waals surface area (Å²) >= 11 is 1.48. The van der Waals surface area contributed by atoms with E-state index < -0.39 is 12.3 Å². The number of benzene rings is 1. The van der Waals surface area contributed by atoms with E-state index in [0.717, 1.165) is 16.1 Å². The minimum absolute atomic E-state index is 0.0308. The Labute approximate surface area is 223 Å². The van der Waals surface area contributed by atoms with Crippen molar-refractivity contribution in [1.82, 2.24) is 15.3 Å². The summed E-state index contributed by atoms with van der Waals surface area (Å²) in [6.07, 6.45) is 1.40. The van der Waals surface area contributed by atoms with Crippen LogP contribution in [-0.4, -0.2) is 77.4 Å². The molecule has 2 aromatic heterocycles. The fraction of sp³-hybridized carbons (Fsp3) is 0.385. The third-order valence-corrected chi connectivity index (χ3v) is 8.30. The summed E-state index contributed by atoms with van der Waals surface area (Å²) in [6.45, 7) is 2.49. The Morgan fingerprint density at radius 1 is 1.26 bits per heavy atom. The van der Waals surface area contributed by atoms with Crippen LogP contribution in [0.3, 0.4) is 0 Å². The normalized spacial score (nSPS) is 24.9. The molecule has 0 spiro atoms. The second-order valence-corrected chi connectivity index (χ2v) is 10.6. The van der Waals surface area contributed by atoms with Crippen molar-refractivity contribution in [2.45, 2.75) is 42.6 Å². The molecule has 4 atom stereocenters. The number of thioether (sulfide) groups is 1. The van der Waals surface area contributed by atoms with E-state index in [0.29, 0.717) is 41.5 Å². The van der Waals surface area contributed by atoms with Gasteiger partial charge in [0.15, 0.2) is 6.23 Å². The Morgan fingerprint density at radius 3 is 2.95 bits per heavy atom. The summed E-state index contributed by atoms with van der Waals surface area (Å²) in [5.74, 6) is 0.816. The summed E-state index contributed by atoms with van der Waals surface area (Å²) in [7, 11) is 1.57. The molecule has 12 heteroatoms. The zero-order valence-electron chi connectivity index (χ0n) is 21.0. The van der Waals surface area contributed by atoms with Crippen LogP contribution in [0.1, 0.15) is 13.3 Å². The number of anilines is 3. The number of methoxy groups -OCH3 is 1. The van der Waals surface area contributed by atoms with Gasteiger partial charge in [-0.05, 0) is 43.7 Å². The molecule has 1 unspecified atom stereocenters. The van der Waals surface area contributed by atoms with Crippen LogP contribution >= 0.6 is 11.8 Å². The second kappa shape index (κ2) is 9.93. The molecule has 6 rings (SSSR count). The van der Waals surface area contributed by atoms with Gasteiger partial charge in [-0.1, -0.05) is 0 Å². The van der Waals surface area contributed by atoms with Gasteiger partial charge >= 0.3 is 6.09 Å². The maximum atomic E-state index is 12.9. The van der Waals surface area contributed by atoms with Crippen molar-refractivity contribution < 1.29 is 24.2 Å². The maximum absolute atomic E-state index is 12.9. The molecule has 3 aromatic rings. The molecule has 2 fully saturated rings. The van der Waals surface area contributed by atoms with E-state index in [1.54, 1.807) is 24.3 Å². The largest absolute Gasteiger partial charge is 0.481 e. The Bertz CT molecular complexity index is 1410. The number of aromatic nitrogens is 2. The molecule has 3 aliphatic rings. The molecular weight excluding hydrogens is 508 g/mol. The molecule has 0 bridgehead atoms. The van der Waals surface area contributed by atoms with Gasteiger partial charge in [-0.2, -0.15) is 0 Å². The highest BCUT2D eigenvalue weighted by Crippen LogP contribution is 2.37. The summed E-state index contributed by atoms with van der Waals surface area (Å²) in [6, 6.07) is 10.7. The van der Waals surface area contributed by atoms with E-state index in [9.17, 15) is 14.7 Å². The van der Waals surface area contributed by atoms with Gasteiger partial charge in [0.2, 0.25) is 11.8 Å². The quantitative estimate of drug-likeness (QED) is 0.432. The first kappa shape index (κ1) is 24.7. The van der Waals surface area contributed by atoms with Crippen LogP contribution in [0.4, 0.5) is 21.9 Å². The van der Waals surface area contributed by atoms with Crippen molar-refractivity contribution in [1.29, 1.82) is 0 Å². The van der Waals surface area contributed by atoms with E-state index in [2.05, 4.69) is 25.5 Å². The average Bonchev–Trinajstić information content (AvgIpc) is 3.46. The highest BCUT2D eigenvalue weighted by atomic mass is 32.2. The highest BCUT2D eigenvalue weighted by Gasteiger charge is 2.43. The van der Waals surface area contributed by atoms with Crippen molar-refractivity contribution in [3.8, 4) is 5.88 Å². The topological polar surface area (TPSA) is 129 Å². The van der Waals surface area contributed by atoms with Gasteiger partial charge < -0.3 is 24.8 Å². The molecule has 198 valence electrons. The number of aliphatic hydroxyl groups is 1. The summed E-state index contributed by atoms with van der Waals surface area (Å²) < 4.78 is 11.1. The number of hydrogen-bond acceptors (Lipinski definition) is 10. The number of nitrogens with one attached hydrogen (secondary N) is 2. The van der Waals surface area contributed by atoms with Gasteiger partial charge in [0.1, 0.15) is 5.52 Å². The molecule has 2 saturated heterocycles. The number of pyridine rings is 2. The Morgan fingerprint density at radius 2 is 2.13 bits per heavy atom. The number of aliphatic hydroxyl groups excluding tert-OH is 1. The Balaban J connectivity index is 1.20. The monoisotopic (exact) mass is 536 g/mol. The van der Waals surface area contributed by atoms with Crippen LogP contribution in [0, 0.1) is 0 Å². The lowest BCUT2D eigenvalue weighted by atomic mass is 10.1. The maximum Gasteiger partial charge on any atom is 0.416 e. The number of fused-ring (bicyclic) bond motifs is 2. The van der Waals surface area contributed by atoms with Crippen LogP contribution in [0.25, 0.3) is 11.0 Å². The lowest BCUT2D eigenvalue weighted by molar-refractivity contribution is -0.113. The molecule has 0 radical (unpaired) electrons. The third-order valence-electron chi connectivity index (χ3n) is 7.22. The van der Waals surface area contributed by atoms with Gasteiger partial charge in [0.05, 0.1) is 48.4 Å². The zero-order valence-corrected chi connectivity index (χ0v) is 21.8. The van der Waals surface area contributed by atoms with Crippen LogP contribution < -0.4 is 25.2 Å². The molecule has 1 aromatic carbocycles. The minimum Gasteiger partial charge on any atom is -0.481 e. The predicted molar refractivity (Wildman–Crippen MR) is 144 cm³/mol. The van der Waals surface area contributed by atoms with Crippen LogP contribution in [0.2, 0.25) is 0 Å². The molecule has 0 aliphatic carbocycles. The van der Waals surface area contributed by atoms with E-state index in [-0.39, 0.29) is 30.6 Å². The minimum atomic E-state index is -0.542. The molecular formula is C26H28N6O5S. The number of hydrogen-bond donors (Lipinski definition) is 3. The second-order valence-electron chi connectivity index (χ2n) is 9.57. The van der Waals surface area contributed by atoms with Crippen molar-refractivity contribution in [3.63, 3.8) is 0 Å². The standard InChI is InChI=1S/C26H28N6O5S/c1-14-25(37-26(35)32(14)16-3-5-21-19(10-16)29-22(34)13-38-21)28-15-9-17(12-33)31(11-15)20-7-8-27-18-4-6-23(36-2)30-24(18)20/h3-8,10,14-15,17,25,28,33H,9,11-13H2,1-2H3,(H,29,34)/t14-,15-,17+,25?/m1/s1. The first-order valence-corrected chi connectivity index (χ1v) is 13.4. The molecule has 3 N–H and O–H groups in total. The van der Waals surface area contributed by atoms with Crippen LogP contribution in [0.15, 0.2) is 47.5 Å². The number of ether oxygens (including phenoxy) is 2. The SMILES string of the molecule is COc1ccc2nccc(N3C[C@H](NC4OC(=O)N(c5ccc6c(c5)NC(=O)CS6)[C@@H]4C)C[C@H]3CO)c2n1. The van der Waals surface area contributed by atoms with E-state index in [1.165, 1.54) is 11.8 Å². The lowest BCUT2D eigenvalue weighted by Gasteiger charge is -2.26. The number of nitrogens with zero attached hydrogens (tertiary/aromatic N) is 4. The number of rotatable bonds is 6. The van der Waals surface area contributed by atoms with E-state index >= 15 is 0 Å². The molecule has 38 heavy (non-hydrogen) atoms. The van der Waals surface area contributed by atoms with Gasteiger partial charge in [-0.15, -0.1) is 11.8 Å². The summed E-state index contributed by atoms with van der Waals surface area (Å²) in [5.41, 5.74) is 3.68. The molecule has 3 aliphatic heterocycles. The third kappa shape index (κ3) is 4.38. The van der Waals surface area contributed by atoms with Gasteiger partial charge in [-0.3, -0.25) is 20.0 Å². The zero-order chi connectivity index (χ0) is 26.4. The number of carbonyl (C=O) groups excluding carboxylic acids is 2. The first-order valence-electron chi connectivity index (χ1n) is 12.4. The summed E-state index contributed by atoms with van der Waals surface area (Å²) in [4.78, 5) is 38.5. The van der Waals surface area contributed by atoms with Gasteiger partial charge in [0.25, 0.3) is 0 Å².